The van der Waals surface area contributed by atoms with Crippen molar-refractivity contribution in [3.8, 4) is 0 Å². The van der Waals surface area contributed by atoms with E-state index < -0.39 is 0 Å². The summed E-state index contributed by atoms with van der Waals surface area (Å²) in [6.45, 7) is 2.99. The molecule has 1 aromatic heterocycles. The molecule has 0 aliphatic rings. The van der Waals surface area contributed by atoms with Gasteiger partial charge in [0.1, 0.15) is 17.5 Å². The van der Waals surface area contributed by atoms with Crippen LogP contribution in [0.25, 0.3) is 0 Å². The quantitative estimate of drug-likeness (QED) is 0.821. The van der Waals surface area contributed by atoms with E-state index in [1.54, 1.807) is 0 Å². The lowest BCUT2D eigenvalue weighted by molar-refractivity contribution is 0.128. The van der Waals surface area contributed by atoms with E-state index in [2.05, 4.69) is 15.3 Å². The van der Waals surface area contributed by atoms with E-state index in [1.807, 2.05) is 44.3 Å². The Morgan fingerprint density at radius 1 is 1.30 bits per heavy atom. The Bertz CT molecular complexity index is 580. The summed E-state index contributed by atoms with van der Waals surface area (Å²) in [5.74, 6) is 1.43. The van der Waals surface area contributed by atoms with Crippen LogP contribution in [0.3, 0.4) is 0 Å². The Hall–Kier alpha value is -1.30. The van der Waals surface area contributed by atoms with Crippen molar-refractivity contribution in [1.29, 1.82) is 0 Å². The van der Waals surface area contributed by atoms with Crippen molar-refractivity contribution in [2.75, 3.05) is 19.0 Å². The summed E-state index contributed by atoms with van der Waals surface area (Å²) in [5, 5.41) is 4.59. The van der Waals surface area contributed by atoms with Gasteiger partial charge in [0, 0.05) is 24.6 Å². The molecular weight excluding hydrogens is 294 g/mol. The predicted octanol–water partition coefficient (Wildman–Crippen LogP) is 3.86. The third-order valence-electron chi connectivity index (χ3n) is 2.49. The summed E-state index contributed by atoms with van der Waals surface area (Å²) in [5.41, 5.74) is 0. The van der Waals surface area contributed by atoms with Crippen molar-refractivity contribution in [2.45, 2.75) is 23.5 Å². The lowest BCUT2D eigenvalue weighted by Crippen LogP contribution is -2.03. The van der Waals surface area contributed by atoms with Crippen LogP contribution in [0.2, 0.25) is 5.02 Å². The van der Waals surface area contributed by atoms with E-state index in [0.29, 0.717) is 24.1 Å². The molecule has 0 amide bonds. The molecule has 4 nitrogen and oxygen atoms in total. The van der Waals surface area contributed by atoms with Gasteiger partial charge in [0.2, 0.25) is 0 Å². The molecule has 1 heterocycles. The average molecular weight is 310 g/mol. The Balaban J connectivity index is 2.24. The molecule has 1 aromatic carbocycles. The van der Waals surface area contributed by atoms with Crippen LogP contribution >= 0.6 is 23.4 Å². The summed E-state index contributed by atoms with van der Waals surface area (Å²) in [4.78, 5) is 9.81. The van der Waals surface area contributed by atoms with Crippen LogP contribution in [0.1, 0.15) is 12.7 Å². The third-order valence-corrected chi connectivity index (χ3v) is 3.93. The molecule has 1 N–H and O–H groups in total. The highest BCUT2D eigenvalue weighted by molar-refractivity contribution is 7.99. The van der Waals surface area contributed by atoms with E-state index in [1.165, 1.54) is 11.8 Å². The van der Waals surface area contributed by atoms with Crippen molar-refractivity contribution >= 4 is 29.2 Å². The molecule has 0 radical (unpaired) electrons. The first-order valence-electron chi connectivity index (χ1n) is 6.28. The molecule has 6 heteroatoms. The molecular formula is C14H16ClN3OS. The fourth-order valence-corrected chi connectivity index (χ4v) is 2.66. The number of aromatic nitrogens is 2. The maximum absolute atomic E-state index is 6.17. The maximum atomic E-state index is 6.17. The van der Waals surface area contributed by atoms with Gasteiger partial charge in [0.05, 0.1) is 5.02 Å². The largest absolute Gasteiger partial charge is 0.374 e. The van der Waals surface area contributed by atoms with E-state index in [0.717, 1.165) is 15.7 Å². The van der Waals surface area contributed by atoms with Crippen LogP contribution in [-0.2, 0) is 11.3 Å². The molecule has 0 saturated heterocycles. The summed E-state index contributed by atoms with van der Waals surface area (Å²) in [6.07, 6.45) is 0. The number of halogens is 1. The Morgan fingerprint density at radius 3 is 2.80 bits per heavy atom. The van der Waals surface area contributed by atoms with Gasteiger partial charge in [-0.25, -0.2) is 9.97 Å². The van der Waals surface area contributed by atoms with E-state index in [4.69, 9.17) is 16.3 Å². The first-order chi connectivity index (χ1) is 9.72. The topological polar surface area (TPSA) is 47.0 Å². The van der Waals surface area contributed by atoms with Crippen LogP contribution in [0, 0.1) is 0 Å². The minimum absolute atomic E-state index is 0.405. The molecule has 0 aliphatic heterocycles. The van der Waals surface area contributed by atoms with Gasteiger partial charge in [-0.15, -0.1) is 0 Å². The lowest BCUT2D eigenvalue weighted by atomic mass is 10.4. The normalized spacial score (nSPS) is 10.6. The fourth-order valence-electron chi connectivity index (χ4n) is 1.55. The zero-order valence-corrected chi connectivity index (χ0v) is 13.0. The molecule has 2 rings (SSSR count). The highest BCUT2D eigenvalue weighted by Crippen LogP contribution is 2.32. The fraction of sp³-hybridized carbons (Fsp3) is 0.286. The summed E-state index contributed by atoms with van der Waals surface area (Å²) < 4.78 is 5.36. The summed E-state index contributed by atoms with van der Waals surface area (Å²) in [6, 6.07) is 9.59. The highest BCUT2D eigenvalue weighted by atomic mass is 35.5. The minimum atomic E-state index is 0.405. The second-order valence-electron chi connectivity index (χ2n) is 3.93. The van der Waals surface area contributed by atoms with E-state index in [9.17, 15) is 0 Å². The SMILES string of the molecule is CCOCc1nc(NC)cc(Sc2ccccc2Cl)n1. The number of anilines is 1. The number of nitrogens with zero attached hydrogens (tertiary/aromatic N) is 2. The molecule has 0 fully saturated rings. The van der Waals surface area contributed by atoms with E-state index in [-0.39, 0.29) is 0 Å². The summed E-state index contributed by atoms with van der Waals surface area (Å²) in [7, 11) is 1.83. The van der Waals surface area contributed by atoms with Gasteiger partial charge in [-0.3, -0.25) is 0 Å². The van der Waals surface area contributed by atoms with Crippen molar-refractivity contribution in [1.82, 2.24) is 9.97 Å². The Morgan fingerprint density at radius 2 is 2.10 bits per heavy atom. The lowest BCUT2D eigenvalue weighted by Gasteiger charge is -2.08. The third kappa shape index (κ3) is 4.10. The van der Waals surface area contributed by atoms with Gasteiger partial charge in [-0.1, -0.05) is 35.5 Å². The maximum Gasteiger partial charge on any atom is 0.157 e. The number of rotatable bonds is 6. The standard InChI is InChI=1S/C14H16ClN3OS/c1-3-19-9-13-17-12(16-2)8-14(18-13)20-11-7-5-4-6-10(11)15/h4-8H,3,9H2,1-2H3,(H,16,17,18). The number of hydrogen-bond acceptors (Lipinski definition) is 5. The highest BCUT2D eigenvalue weighted by Gasteiger charge is 2.07. The Labute approximate surface area is 127 Å². The average Bonchev–Trinajstić information content (AvgIpc) is 2.47. The number of nitrogens with one attached hydrogen (secondary N) is 1. The molecule has 0 spiro atoms. The van der Waals surface area contributed by atoms with Crippen LogP contribution < -0.4 is 5.32 Å². The monoisotopic (exact) mass is 309 g/mol. The van der Waals surface area contributed by atoms with Crippen molar-refractivity contribution in [2.24, 2.45) is 0 Å². The Kier molecular flexibility index (Phi) is 5.64. The molecule has 20 heavy (non-hydrogen) atoms. The predicted molar refractivity (Wildman–Crippen MR) is 82.5 cm³/mol. The second kappa shape index (κ2) is 7.47. The van der Waals surface area contributed by atoms with Crippen LogP contribution in [0.15, 0.2) is 40.3 Å². The van der Waals surface area contributed by atoms with Crippen molar-refractivity contribution < 1.29 is 4.74 Å². The van der Waals surface area contributed by atoms with Gasteiger partial charge < -0.3 is 10.1 Å². The van der Waals surface area contributed by atoms with Crippen LogP contribution in [0.5, 0.6) is 0 Å². The first kappa shape index (κ1) is 15.1. The number of benzene rings is 1. The smallest absolute Gasteiger partial charge is 0.157 e. The van der Waals surface area contributed by atoms with Crippen LogP contribution in [-0.4, -0.2) is 23.6 Å². The molecule has 0 atom stereocenters. The van der Waals surface area contributed by atoms with Crippen LogP contribution in [0.4, 0.5) is 5.82 Å². The van der Waals surface area contributed by atoms with Gasteiger partial charge in [-0.2, -0.15) is 0 Å². The molecule has 2 aromatic rings. The van der Waals surface area contributed by atoms with Gasteiger partial charge in [-0.05, 0) is 19.1 Å². The summed E-state index contributed by atoms with van der Waals surface area (Å²) >= 11 is 7.68. The molecule has 106 valence electrons. The molecule has 0 aliphatic carbocycles. The molecule has 0 unspecified atom stereocenters. The van der Waals surface area contributed by atoms with Gasteiger partial charge in [0.15, 0.2) is 5.82 Å². The first-order valence-corrected chi connectivity index (χ1v) is 7.48. The number of ether oxygens (including phenoxy) is 1. The van der Waals surface area contributed by atoms with Gasteiger partial charge in [0.25, 0.3) is 0 Å². The zero-order valence-electron chi connectivity index (χ0n) is 11.4. The zero-order chi connectivity index (χ0) is 14.4. The van der Waals surface area contributed by atoms with Crippen molar-refractivity contribution in [3.05, 3.63) is 41.2 Å². The van der Waals surface area contributed by atoms with Gasteiger partial charge >= 0.3 is 0 Å². The van der Waals surface area contributed by atoms with E-state index >= 15 is 0 Å². The number of hydrogen-bond donors (Lipinski definition) is 1. The molecule has 0 saturated carbocycles. The molecule has 0 bridgehead atoms. The van der Waals surface area contributed by atoms with Crippen molar-refractivity contribution in [3.63, 3.8) is 0 Å². The minimum Gasteiger partial charge on any atom is -0.374 e. The second-order valence-corrected chi connectivity index (χ2v) is 5.40.